The summed E-state index contributed by atoms with van der Waals surface area (Å²) in [6.07, 6.45) is 9.92. The standard InChI is InChI=1S/C9H11NO2.3C6H14N2O2.2C6H13NO2.C5H11NO2S.C5H11NO2.C4H7NO4.5C3H7NO2.C2H5NO2/c10-8(9(11)12)6-7-4-2-1-3-5-7;3*7-4-2-1-3-5(8)6(9)10;2*1-4(2)3-5(7)6(8)9;1-9-3-2-4(6)5(7)8;1-3(2)4(6)5(7)8;5-2(4(8)9)1-3(6)7;5*1-2(4)3(5)6;3-1-2(4)5/h1-5,8H,6,10H2,(H,11,12);3*5H,1-4,7-8H2,(H,9,10);2*4-5H,3,7H2,1-2H3,(H,8,9);4H,2-3,6H2,1H3,(H,7,8);3-4H,6H2,1-2H3,(H,7,8);2H,1,5H2,(H,6,7)(H,8,9);5*2H,4H2,1H3,(H,5,6);1,3H2,(H,4,5)/t8-;5*5-;2*4-;6*2-;/m00000000000000./s1. The van der Waals surface area contributed by atoms with E-state index in [9.17, 15) is 76.7 Å². The zero-order valence-electron chi connectivity index (χ0n) is 71.1. The van der Waals surface area contributed by atoms with Crippen LogP contribution in [0.2, 0.25) is 0 Å². The van der Waals surface area contributed by atoms with E-state index in [0.29, 0.717) is 76.4 Å². The first-order valence-corrected chi connectivity index (χ1v) is 38.0. The number of carboxylic acid groups (broad SMARTS) is 16. The first kappa shape index (κ1) is 143. The zero-order valence-corrected chi connectivity index (χ0v) is 71.9. The maximum Gasteiger partial charge on any atom is 0.321 e. The third kappa shape index (κ3) is 143. The molecule has 14 atom stereocenters. The lowest BCUT2D eigenvalue weighted by Gasteiger charge is -2.07. The van der Waals surface area contributed by atoms with Crippen LogP contribution in [0.1, 0.15) is 165 Å². The fourth-order valence-corrected chi connectivity index (χ4v) is 5.49. The van der Waals surface area contributed by atoms with E-state index in [2.05, 4.69) is 5.73 Å². The molecule has 0 spiro atoms. The number of unbranched alkanes of at least 4 members (excludes halogenated alkanes) is 3. The Bertz CT molecular complexity index is 2670. The smallest absolute Gasteiger partial charge is 0.321 e. The van der Waals surface area contributed by atoms with Crippen LogP contribution in [0.15, 0.2) is 30.3 Å². The molecule has 0 saturated carbocycles. The third-order valence-electron chi connectivity index (χ3n) is 12.3. The Morgan fingerprint density at radius 3 is 0.628 bits per heavy atom. The molecule has 0 bridgehead atoms. The van der Waals surface area contributed by atoms with Crippen molar-refractivity contribution in [3.05, 3.63) is 35.9 Å². The van der Waals surface area contributed by atoms with Gasteiger partial charge in [0.25, 0.3) is 0 Å². The van der Waals surface area contributed by atoms with Gasteiger partial charge in [-0.2, -0.15) is 11.8 Å². The van der Waals surface area contributed by atoms with Crippen LogP contribution in [0.25, 0.3) is 0 Å². The summed E-state index contributed by atoms with van der Waals surface area (Å²) in [5.41, 5.74) is 91.9. The maximum absolute atomic E-state index is 10.4. The Morgan fingerprint density at radius 2 is 0.504 bits per heavy atom. The highest BCUT2D eigenvalue weighted by Crippen LogP contribution is 2.05. The van der Waals surface area contributed by atoms with Gasteiger partial charge in [-0.25, -0.2) is 0 Å². The average Bonchev–Trinajstić information content (AvgIpc) is 0.926. The van der Waals surface area contributed by atoms with E-state index in [4.69, 9.17) is 179 Å². The van der Waals surface area contributed by atoms with Crippen molar-refractivity contribution in [3.8, 4) is 0 Å². The maximum atomic E-state index is 10.4. The lowest BCUT2D eigenvalue weighted by molar-refractivity contribution is -0.144. The molecule has 0 aliphatic carbocycles. The van der Waals surface area contributed by atoms with Crippen LogP contribution in [-0.2, 0) is 83.1 Å². The lowest BCUT2D eigenvalue weighted by atomic mass is 10.1. The molecule has 0 amide bonds. The van der Waals surface area contributed by atoms with Crippen molar-refractivity contribution >= 4 is 107 Å². The zero-order chi connectivity index (χ0) is 99.3. The van der Waals surface area contributed by atoms with Crippen LogP contribution >= 0.6 is 11.8 Å². The fourth-order valence-electron chi connectivity index (χ4n) is 5.00. The van der Waals surface area contributed by atoms with Gasteiger partial charge in [-0.3, -0.25) is 76.7 Å². The van der Waals surface area contributed by atoms with Gasteiger partial charge in [0.2, 0.25) is 0 Å². The molecule has 1 aromatic rings. The Kier molecular flexibility index (Phi) is 113. The van der Waals surface area contributed by atoms with Crippen molar-refractivity contribution in [3.63, 3.8) is 0 Å². The molecule has 0 aliphatic rings. The van der Waals surface area contributed by atoms with Gasteiger partial charge in [-0.1, -0.05) is 91.1 Å². The molecule has 1 rings (SSSR count). The predicted octanol–water partition coefficient (Wildman–Crippen LogP) is -4.69. The van der Waals surface area contributed by atoms with E-state index in [1.165, 1.54) is 34.6 Å². The molecule has 52 N–H and O–H groups in total. The van der Waals surface area contributed by atoms with Gasteiger partial charge in [-0.05, 0) is 154 Å². The van der Waals surface area contributed by atoms with E-state index in [1.54, 1.807) is 25.6 Å². The predicted molar refractivity (Wildman–Crippen MR) is 451 cm³/mol. The second-order valence-electron chi connectivity index (χ2n) is 26.1. The normalized spacial score (nSPS) is 13.0. The average molecular weight is 1790 g/mol. The van der Waals surface area contributed by atoms with Crippen molar-refractivity contribution in [1.82, 2.24) is 0 Å². The summed E-state index contributed by atoms with van der Waals surface area (Å²) in [7, 11) is 0. The molecule has 0 unspecified atom stereocenters. The number of carboxylic acids is 16. The fraction of sp³-hybridized carbons (Fsp3) is 0.686. The van der Waals surface area contributed by atoms with Crippen LogP contribution in [0.4, 0.5) is 0 Å². The van der Waals surface area contributed by atoms with Gasteiger partial charge in [-0.15, -0.1) is 0 Å². The van der Waals surface area contributed by atoms with Crippen molar-refractivity contribution in [2.75, 3.05) is 38.2 Å². The van der Waals surface area contributed by atoms with Crippen molar-refractivity contribution < 1.29 is 158 Å². The Labute approximate surface area is 708 Å². The number of aliphatic carboxylic acids is 16. The largest absolute Gasteiger partial charge is 0.481 e. The van der Waals surface area contributed by atoms with Crippen LogP contribution in [-0.4, -0.2) is 300 Å². The molecule has 0 fully saturated rings. The lowest BCUT2D eigenvalue weighted by Crippen LogP contribution is -2.34. The quantitative estimate of drug-likeness (QED) is 0.0276. The second kappa shape index (κ2) is 95.8. The SMILES string of the molecule is CC(C)C[C@H](N)C(=O)O.CC(C)C[C@H](N)C(=O)O.CC(C)[C@H](N)C(=O)O.CSCC[C@H](N)C(=O)O.C[C@H](N)C(=O)O.C[C@H](N)C(=O)O.C[C@H](N)C(=O)O.C[C@H](N)C(=O)O.C[C@H](N)C(=O)O.NCC(=O)O.NCCCC[C@H](N)C(=O)O.NCCCC[C@H](N)C(=O)O.NCCCC[C@H](N)C(=O)O.N[C@@H](CC(=O)O)C(=O)O.N[C@@H](Cc1ccccc1)C(=O)O. The molecule has 716 valence electrons. The number of benzene rings is 1. The Morgan fingerprint density at radius 1 is 0.289 bits per heavy atom. The van der Waals surface area contributed by atoms with Crippen LogP contribution in [0.3, 0.4) is 0 Å². The third-order valence-corrected chi connectivity index (χ3v) is 13.0. The van der Waals surface area contributed by atoms with Crippen LogP contribution in [0.5, 0.6) is 0 Å². The minimum Gasteiger partial charge on any atom is -0.481 e. The van der Waals surface area contributed by atoms with Gasteiger partial charge >= 0.3 is 95.5 Å². The number of rotatable bonds is 39. The van der Waals surface area contributed by atoms with Gasteiger partial charge in [0.1, 0.15) is 84.6 Å². The monoisotopic (exact) mass is 1790 g/mol. The first-order valence-electron chi connectivity index (χ1n) is 36.6. The van der Waals surface area contributed by atoms with E-state index < -0.39 is 187 Å². The van der Waals surface area contributed by atoms with Crippen molar-refractivity contribution in [2.24, 2.45) is 121 Å². The highest BCUT2D eigenvalue weighted by Gasteiger charge is 2.18. The first-order chi connectivity index (χ1) is 55.1. The summed E-state index contributed by atoms with van der Waals surface area (Å²) in [6.45, 7) is 20.0. The number of carbonyl (C=O) groups is 16. The highest BCUT2D eigenvalue weighted by molar-refractivity contribution is 7.98. The molecule has 0 radical (unpaired) electrons. The molecule has 0 aliphatic heterocycles. The minimum atomic E-state index is -1.29. The van der Waals surface area contributed by atoms with E-state index >= 15 is 0 Å². The summed E-state index contributed by atoms with van der Waals surface area (Å²) in [5, 5.41) is 130. The molecule has 1 aromatic carbocycles. The molecule has 50 nitrogen and oxygen atoms in total. The summed E-state index contributed by atoms with van der Waals surface area (Å²) in [5.74, 6) is -14.2. The molecular weight excluding hydrogens is 1640 g/mol. The van der Waals surface area contributed by atoms with E-state index in [1.807, 2.05) is 64.3 Å². The molecule has 51 heteroatoms. The number of nitrogens with two attached hydrogens (primary N) is 18. The topological polar surface area (TPSA) is 1070 Å². The van der Waals surface area contributed by atoms with Crippen LogP contribution < -0.4 is 103 Å². The Balaban J connectivity index is -0.0000000850. The van der Waals surface area contributed by atoms with E-state index in [-0.39, 0.29) is 12.5 Å². The molecule has 0 heterocycles. The number of hydrogen-bond donors (Lipinski definition) is 34. The van der Waals surface area contributed by atoms with Crippen molar-refractivity contribution in [2.45, 2.75) is 251 Å². The molecule has 121 heavy (non-hydrogen) atoms. The van der Waals surface area contributed by atoms with Gasteiger partial charge in [0, 0.05) is 0 Å². The van der Waals surface area contributed by atoms with Crippen LogP contribution in [0, 0.1) is 17.8 Å². The summed E-state index contributed by atoms with van der Waals surface area (Å²) < 4.78 is 0. The highest BCUT2D eigenvalue weighted by atomic mass is 32.2. The van der Waals surface area contributed by atoms with Crippen molar-refractivity contribution in [1.29, 1.82) is 0 Å². The summed E-state index contributed by atoms with van der Waals surface area (Å²) in [4.78, 5) is 158. The number of thioether (sulfide) groups is 1. The summed E-state index contributed by atoms with van der Waals surface area (Å²) >= 11 is 1.60. The summed E-state index contributed by atoms with van der Waals surface area (Å²) in [6, 6.07) is -1.33. The minimum absolute atomic E-state index is 0.0208. The molecule has 0 saturated heterocycles. The Hall–Kier alpha value is -9.63. The molecular formula is C70H148N18O32S. The van der Waals surface area contributed by atoms with E-state index in [0.717, 1.165) is 49.8 Å². The number of hydrogen-bond acceptors (Lipinski definition) is 35. The van der Waals surface area contributed by atoms with Gasteiger partial charge < -0.3 is 185 Å². The van der Waals surface area contributed by atoms with Gasteiger partial charge in [0.05, 0.1) is 13.0 Å². The van der Waals surface area contributed by atoms with Gasteiger partial charge in [0.15, 0.2) is 0 Å². The molecule has 0 aromatic heterocycles. The second-order valence-corrected chi connectivity index (χ2v) is 27.1.